The monoisotopic (exact) mass is 614 g/mol. The van der Waals surface area contributed by atoms with Crippen LogP contribution in [0.15, 0.2) is 0 Å². The Labute approximate surface area is 210 Å². The van der Waals surface area contributed by atoms with Crippen molar-refractivity contribution >= 4 is 52.3 Å². The Morgan fingerprint density at radius 3 is 1.25 bits per heavy atom. The van der Waals surface area contributed by atoms with E-state index in [1.54, 1.807) is 0 Å². The summed E-state index contributed by atoms with van der Waals surface area (Å²) in [6.45, 7) is 1.70. The summed E-state index contributed by atoms with van der Waals surface area (Å²) in [6, 6.07) is 0. The van der Waals surface area contributed by atoms with E-state index in [0.717, 1.165) is 0 Å². The lowest BCUT2D eigenvalue weighted by Crippen LogP contribution is -2.22. The van der Waals surface area contributed by atoms with Gasteiger partial charge >= 0.3 is 5.97 Å². The average Bonchev–Trinajstić information content (AvgIpc) is 2.65. The van der Waals surface area contributed by atoms with E-state index in [9.17, 15) is 43.3 Å². The summed E-state index contributed by atoms with van der Waals surface area (Å²) in [5, 5.41) is 18.4. The first-order valence-corrected chi connectivity index (χ1v) is 16.0. The number of rotatable bonds is 13. The van der Waals surface area contributed by atoms with Crippen LogP contribution in [0.2, 0.25) is 0 Å². The maximum Gasteiger partial charge on any atom is 0.304 e. The first-order valence-electron chi connectivity index (χ1n) is 9.53. The van der Waals surface area contributed by atoms with Crippen molar-refractivity contribution in [3.8, 4) is 0 Å². The molecule has 0 saturated heterocycles. The van der Waals surface area contributed by atoms with E-state index in [1.165, 1.54) is 6.92 Å². The zero-order chi connectivity index (χ0) is 29.6. The minimum atomic E-state index is -4.10. The van der Waals surface area contributed by atoms with E-state index in [4.69, 9.17) is 34.2 Å². The van der Waals surface area contributed by atoms with Crippen molar-refractivity contribution in [2.75, 3.05) is 42.7 Å². The topological polar surface area (TPSA) is 330 Å². The summed E-state index contributed by atoms with van der Waals surface area (Å²) in [6.07, 6.45) is 0.0922. The standard InChI is InChI=1S/C5H11NO4S.C3H9NO3S.C3H6O5S.C3H8O4S/c1-5(7)6-3-2-4-11(8,9)10;4-2-1-3-8(5,6)7;4-3(5)1-2-9(6,7)8;4-2-1-3-8(5,6)7/h2-4H2,1H3,(H,6,7)(H,8,9,10);1-4H2,(H,5,6,7);1-2H2,(H,4,5)(H,6,7,8);4H,1-3H2,(H,5,6,7). The van der Waals surface area contributed by atoms with Crippen LogP contribution < -0.4 is 11.1 Å². The van der Waals surface area contributed by atoms with Crippen LogP contribution in [0.25, 0.3) is 0 Å². The molecule has 0 radical (unpaired) electrons. The molecule has 0 aromatic heterocycles. The predicted octanol–water partition coefficient (Wildman–Crippen LogP) is -2.77. The molecule has 0 atom stereocenters. The number of aliphatic hydroxyl groups excluding tert-OH is 1. The molecule has 22 heteroatoms. The number of amides is 1. The van der Waals surface area contributed by atoms with Gasteiger partial charge in [0.05, 0.1) is 29.4 Å². The third kappa shape index (κ3) is 63.7. The molecule has 9 N–H and O–H groups in total. The minimum Gasteiger partial charge on any atom is -0.481 e. The molecule has 0 bridgehead atoms. The summed E-state index contributed by atoms with van der Waals surface area (Å²) >= 11 is 0. The Kier molecular flexibility index (Phi) is 24.9. The molecule has 0 aliphatic rings. The van der Waals surface area contributed by atoms with Crippen LogP contribution in [0.1, 0.15) is 32.6 Å². The molecule has 36 heavy (non-hydrogen) atoms. The van der Waals surface area contributed by atoms with Gasteiger partial charge in [-0.25, -0.2) is 0 Å². The van der Waals surface area contributed by atoms with E-state index in [2.05, 4.69) is 5.32 Å². The SMILES string of the molecule is CC(=O)NCCCS(=O)(=O)O.NCCCS(=O)(=O)O.O=C(O)CCS(=O)(=O)O.O=S(=O)(O)CCCO. The zero-order valence-corrected chi connectivity index (χ0v) is 22.5. The molecule has 0 spiro atoms. The van der Waals surface area contributed by atoms with E-state index in [-0.39, 0.29) is 49.2 Å². The molecule has 0 unspecified atom stereocenters. The van der Waals surface area contributed by atoms with Gasteiger partial charge in [-0.15, -0.1) is 0 Å². The number of nitrogens with one attached hydrogen (secondary N) is 1. The van der Waals surface area contributed by atoms with E-state index >= 15 is 0 Å². The number of carbonyl (C=O) groups is 2. The lowest BCUT2D eigenvalue weighted by atomic mass is 10.5. The van der Waals surface area contributed by atoms with Gasteiger partial charge in [0.2, 0.25) is 5.91 Å². The van der Waals surface area contributed by atoms with Gasteiger partial charge in [0.15, 0.2) is 0 Å². The maximum atomic E-state index is 10.2. The van der Waals surface area contributed by atoms with Gasteiger partial charge in [-0.1, -0.05) is 0 Å². The third-order valence-corrected chi connectivity index (χ3v) is 5.83. The van der Waals surface area contributed by atoms with Crippen molar-refractivity contribution in [2.45, 2.75) is 32.6 Å². The second-order valence-electron chi connectivity index (χ2n) is 6.34. The van der Waals surface area contributed by atoms with E-state index in [1.807, 2.05) is 0 Å². The molecule has 0 fully saturated rings. The molecule has 0 rings (SSSR count). The fourth-order valence-electron chi connectivity index (χ4n) is 1.25. The molecule has 0 aliphatic carbocycles. The average molecular weight is 615 g/mol. The smallest absolute Gasteiger partial charge is 0.304 e. The lowest BCUT2D eigenvalue weighted by molar-refractivity contribution is -0.136. The number of aliphatic carboxylic acids is 1. The Morgan fingerprint density at radius 2 is 1.06 bits per heavy atom. The molecular weight excluding hydrogens is 580 g/mol. The van der Waals surface area contributed by atoms with Crippen LogP contribution in [0.3, 0.4) is 0 Å². The van der Waals surface area contributed by atoms with Crippen molar-refractivity contribution in [1.82, 2.24) is 5.32 Å². The highest BCUT2D eigenvalue weighted by atomic mass is 32.2. The maximum absolute atomic E-state index is 10.2. The molecule has 0 saturated carbocycles. The number of hydrogen-bond acceptors (Lipinski definition) is 12. The van der Waals surface area contributed by atoms with Crippen LogP contribution in [-0.2, 0) is 50.1 Å². The highest BCUT2D eigenvalue weighted by Gasteiger charge is 2.07. The highest BCUT2D eigenvalue weighted by molar-refractivity contribution is 7.86. The van der Waals surface area contributed by atoms with Crippen LogP contribution in [0, 0.1) is 0 Å². The number of carboxylic acids is 1. The fraction of sp³-hybridized carbons (Fsp3) is 0.857. The van der Waals surface area contributed by atoms with Gasteiger partial charge in [0.25, 0.3) is 40.5 Å². The predicted molar refractivity (Wildman–Crippen MR) is 127 cm³/mol. The van der Waals surface area contributed by atoms with Gasteiger partial charge in [-0.05, 0) is 25.8 Å². The molecule has 0 aromatic carbocycles. The normalized spacial score (nSPS) is 11.4. The third-order valence-electron chi connectivity index (χ3n) is 2.69. The molecule has 1 amide bonds. The molecule has 18 nitrogen and oxygen atoms in total. The van der Waals surface area contributed by atoms with Crippen molar-refractivity contribution < 1.29 is 71.7 Å². The molecule has 0 aromatic rings. The second-order valence-corrected chi connectivity index (χ2v) is 12.6. The number of carboxylic acid groups (broad SMARTS) is 1. The molecule has 0 heterocycles. The zero-order valence-electron chi connectivity index (χ0n) is 19.3. The van der Waals surface area contributed by atoms with Gasteiger partial charge in [0.1, 0.15) is 0 Å². The molecule has 0 aliphatic heterocycles. The number of aliphatic hydroxyl groups is 1. The summed E-state index contributed by atoms with van der Waals surface area (Å²) in [5.74, 6) is -3.07. The number of carbonyl (C=O) groups excluding carboxylic acids is 1. The van der Waals surface area contributed by atoms with Gasteiger partial charge in [0, 0.05) is 20.1 Å². The van der Waals surface area contributed by atoms with Crippen LogP contribution in [-0.4, -0.2) is 117 Å². The summed E-state index contributed by atoms with van der Waals surface area (Å²) in [7, 11) is -15.6. The molecule has 220 valence electrons. The van der Waals surface area contributed by atoms with E-state index in [0.29, 0.717) is 13.0 Å². The fourth-order valence-corrected chi connectivity index (χ4v) is 3.22. The Balaban J connectivity index is -0.000000191. The summed E-state index contributed by atoms with van der Waals surface area (Å²) in [5.41, 5.74) is 4.96. The van der Waals surface area contributed by atoms with Gasteiger partial charge in [-0.2, -0.15) is 33.7 Å². The molecular formula is C14H34N2O16S4. The van der Waals surface area contributed by atoms with E-state index < -0.39 is 58.6 Å². The first-order chi connectivity index (χ1) is 16.0. The Morgan fingerprint density at radius 1 is 0.694 bits per heavy atom. The Bertz CT molecular complexity index is 985. The Hall–Kier alpha value is -1.50. The first kappa shape index (κ1) is 41.6. The van der Waals surface area contributed by atoms with Gasteiger partial charge < -0.3 is 21.3 Å². The van der Waals surface area contributed by atoms with Crippen molar-refractivity contribution in [1.29, 1.82) is 0 Å². The minimum absolute atomic E-state index is 0.0961. The highest BCUT2D eigenvalue weighted by Crippen LogP contribution is 1.87. The second kappa shape index (κ2) is 21.6. The number of hydrogen-bond donors (Lipinski definition) is 8. The van der Waals surface area contributed by atoms with Crippen molar-refractivity contribution in [2.24, 2.45) is 5.73 Å². The lowest BCUT2D eigenvalue weighted by Gasteiger charge is -1.98. The summed E-state index contributed by atoms with van der Waals surface area (Å²) in [4.78, 5) is 19.9. The van der Waals surface area contributed by atoms with Gasteiger partial charge in [-0.3, -0.25) is 27.8 Å². The summed E-state index contributed by atoms with van der Waals surface area (Å²) < 4.78 is 112. The van der Waals surface area contributed by atoms with Crippen molar-refractivity contribution in [3.63, 3.8) is 0 Å². The largest absolute Gasteiger partial charge is 0.481 e. The van der Waals surface area contributed by atoms with Crippen LogP contribution >= 0.6 is 0 Å². The van der Waals surface area contributed by atoms with Crippen LogP contribution in [0.4, 0.5) is 0 Å². The number of nitrogens with two attached hydrogens (primary N) is 1. The van der Waals surface area contributed by atoms with Crippen LogP contribution in [0.5, 0.6) is 0 Å². The quantitative estimate of drug-likeness (QED) is 0.0768. The van der Waals surface area contributed by atoms with Crippen molar-refractivity contribution in [3.05, 3.63) is 0 Å².